The predicted octanol–water partition coefficient (Wildman–Crippen LogP) is 3.42. The zero-order chi connectivity index (χ0) is 14.9. The van der Waals surface area contributed by atoms with E-state index in [-0.39, 0.29) is 6.04 Å². The lowest BCUT2D eigenvalue weighted by atomic mass is 10.0. The van der Waals surface area contributed by atoms with E-state index in [4.69, 9.17) is 11.6 Å². The van der Waals surface area contributed by atoms with Crippen LogP contribution >= 0.6 is 11.6 Å². The molecule has 0 aliphatic heterocycles. The van der Waals surface area contributed by atoms with Crippen LogP contribution in [0.4, 0.5) is 0 Å². The molecule has 2 rings (SSSR count). The van der Waals surface area contributed by atoms with Gasteiger partial charge in [-0.25, -0.2) is 0 Å². The van der Waals surface area contributed by atoms with Crippen molar-refractivity contribution in [2.24, 2.45) is 0 Å². The summed E-state index contributed by atoms with van der Waals surface area (Å²) in [6, 6.07) is 5.98. The van der Waals surface area contributed by atoms with E-state index in [0.717, 1.165) is 23.5 Å². The van der Waals surface area contributed by atoms with Crippen molar-refractivity contribution in [3.63, 3.8) is 0 Å². The van der Waals surface area contributed by atoms with Gasteiger partial charge in [-0.1, -0.05) is 11.6 Å². The highest BCUT2D eigenvalue weighted by atomic mass is 35.5. The second kappa shape index (κ2) is 5.76. The van der Waals surface area contributed by atoms with Crippen molar-refractivity contribution in [3.8, 4) is 0 Å². The molecule has 2 aromatic rings. The third kappa shape index (κ3) is 3.35. The standard InChI is InChI=1S/C16H23ClN2O/c1-10-13(7-8-18-11(2)16(3,4)20)14-9-12(17)5-6-15(14)19-10/h5-6,9,11,18-20H,7-8H2,1-4H3/t11-/m1/s1. The summed E-state index contributed by atoms with van der Waals surface area (Å²) < 4.78 is 0. The van der Waals surface area contributed by atoms with Gasteiger partial charge in [-0.05, 0) is 64.4 Å². The topological polar surface area (TPSA) is 48.0 Å². The molecule has 1 heterocycles. The maximum absolute atomic E-state index is 9.92. The summed E-state index contributed by atoms with van der Waals surface area (Å²) in [6.45, 7) is 8.55. The molecule has 1 atom stereocenters. The zero-order valence-electron chi connectivity index (χ0n) is 12.5. The van der Waals surface area contributed by atoms with Gasteiger partial charge in [0.1, 0.15) is 0 Å². The molecule has 1 aromatic carbocycles. The number of aryl methyl sites for hydroxylation is 1. The van der Waals surface area contributed by atoms with Gasteiger partial charge < -0.3 is 15.4 Å². The fourth-order valence-corrected chi connectivity index (χ4v) is 2.51. The number of aromatic amines is 1. The van der Waals surface area contributed by atoms with Crippen LogP contribution in [0.1, 0.15) is 32.0 Å². The Morgan fingerprint density at radius 3 is 2.75 bits per heavy atom. The van der Waals surface area contributed by atoms with Crippen molar-refractivity contribution in [1.29, 1.82) is 0 Å². The number of H-pyrrole nitrogens is 1. The molecule has 0 radical (unpaired) electrons. The normalized spacial score (nSPS) is 13.9. The van der Waals surface area contributed by atoms with E-state index in [0.29, 0.717) is 0 Å². The molecule has 110 valence electrons. The molecular formula is C16H23ClN2O. The van der Waals surface area contributed by atoms with Crippen molar-refractivity contribution in [3.05, 3.63) is 34.5 Å². The SMILES string of the molecule is Cc1[nH]c2ccc(Cl)cc2c1CCN[C@H](C)C(C)(C)O. The van der Waals surface area contributed by atoms with Gasteiger partial charge in [0.2, 0.25) is 0 Å². The lowest BCUT2D eigenvalue weighted by Gasteiger charge is -2.26. The van der Waals surface area contributed by atoms with Crippen LogP contribution in [0.5, 0.6) is 0 Å². The number of nitrogens with one attached hydrogen (secondary N) is 2. The second-order valence-corrected chi connectivity index (χ2v) is 6.43. The summed E-state index contributed by atoms with van der Waals surface area (Å²) in [4.78, 5) is 3.39. The Labute approximate surface area is 125 Å². The fourth-order valence-electron chi connectivity index (χ4n) is 2.34. The van der Waals surface area contributed by atoms with Crippen molar-refractivity contribution in [2.75, 3.05) is 6.54 Å². The minimum absolute atomic E-state index is 0.0524. The van der Waals surface area contributed by atoms with Crippen LogP contribution in [-0.4, -0.2) is 28.3 Å². The quantitative estimate of drug-likeness (QED) is 0.791. The van der Waals surface area contributed by atoms with Crippen LogP contribution in [0, 0.1) is 6.92 Å². The summed E-state index contributed by atoms with van der Waals surface area (Å²) in [5.74, 6) is 0. The van der Waals surface area contributed by atoms with Gasteiger partial charge in [0.25, 0.3) is 0 Å². The first-order valence-electron chi connectivity index (χ1n) is 7.01. The number of fused-ring (bicyclic) bond motifs is 1. The highest BCUT2D eigenvalue weighted by Crippen LogP contribution is 2.25. The van der Waals surface area contributed by atoms with Crippen molar-refractivity contribution < 1.29 is 5.11 Å². The Morgan fingerprint density at radius 2 is 2.10 bits per heavy atom. The lowest BCUT2D eigenvalue weighted by Crippen LogP contribution is -2.45. The van der Waals surface area contributed by atoms with Crippen molar-refractivity contribution in [1.82, 2.24) is 10.3 Å². The van der Waals surface area contributed by atoms with Crippen LogP contribution in [0.25, 0.3) is 10.9 Å². The summed E-state index contributed by atoms with van der Waals surface area (Å²) in [5.41, 5.74) is 2.88. The average molecular weight is 295 g/mol. The molecule has 4 heteroatoms. The Hall–Kier alpha value is -1.03. The Kier molecular flexibility index (Phi) is 4.43. The molecular weight excluding hydrogens is 272 g/mol. The molecule has 3 N–H and O–H groups in total. The van der Waals surface area contributed by atoms with Crippen molar-refractivity contribution >= 4 is 22.5 Å². The van der Waals surface area contributed by atoms with Crippen LogP contribution in [0.3, 0.4) is 0 Å². The van der Waals surface area contributed by atoms with E-state index in [2.05, 4.69) is 17.2 Å². The number of aromatic nitrogens is 1. The Morgan fingerprint density at radius 1 is 1.40 bits per heavy atom. The molecule has 0 amide bonds. The number of hydrogen-bond donors (Lipinski definition) is 3. The van der Waals surface area contributed by atoms with E-state index in [1.807, 2.05) is 39.0 Å². The molecule has 0 spiro atoms. The first kappa shape index (κ1) is 15.4. The number of benzene rings is 1. The van der Waals surface area contributed by atoms with Crippen molar-refractivity contribution in [2.45, 2.75) is 45.8 Å². The van der Waals surface area contributed by atoms with Crippen LogP contribution in [0.15, 0.2) is 18.2 Å². The molecule has 0 saturated heterocycles. The third-order valence-corrected chi connectivity index (χ3v) is 4.20. The number of hydrogen-bond acceptors (Lipinski definition) is 2. The smallest absolute Gasteiger partial charge is 0.0741 e. The molecule has 0 aliphatic carbocycles. The van der Waals surface area contributed by atoms with Gasteiger partial charge in [-0.2, -0.15) is 0 Å². The number of halogens is 1. The van der Waals surface area contributed by atoms with Crippen LogP contribution in [-0.2, 0) is 6.42 Å². The molecule has 20 heavy (non-hydrogen) atoms. The van der Waals surface area contributed by atoms with Gasteiger partial charge in [0, 0.05) is 27.7 Å². The molecule has 1 aromatic heterocycles. The largest absolute Gasteiger partial charge is 0.389 e. The lowest BCUT2D eigenvalue weighted by molar-refractivity contribution is 0.0446. The summed E-state index contributed by atoms with van der Waals surface area (Å²) in [6.07, 6.45) is 0.909. The van der Waals surface area contributed by atoms with E-state index >= 15 is 0 Å². The van der Waals surface area contributed by atoms with Gasteiger partial charge >= 0.3 is 0 Å². The predicted molar refractivity (Wildman–Crippen MR) is 85.5 cm³/mol. The fraction of sp³-hybridized carbons (Fsp3) is 0.500. The Bertz CT molecular complexity index is 598. The van der Waals surface area contributed by atoms with Gasteiger partial charge in [0.05, 0.1) is 5.60 Å². The van der Waals surface area contributed by atoms with E-state index in [9.17, 15) is 5.11 Å². The second-order valence-electron chi connectivity index (χ2n) is 6.00. The summed E-state index contributed by atoms with van der Waals surface area (Å²) in [7, 11) is 0. The van der Waals surface area contributed by atoms with Crippen LogP contribution < -0.4 is 5.32 Å². The zero-order valence-corrected chi connectivity index (χ0v) is 13.3. The third-order valence-electron chi connectivity index (χ3n) is 3.97. The number of rotatable bonds is 5. The van der Waals surface area contributed by atoms with Crippen LogP contribution in [0.2, 0.25) is 5.02 Å². The molecule has 0 unspecified atom stereocenters. The molecule has 3 nitrogen and oxygen atoms in total. The maximum atomic E-state index is 9.92. The van der Waals surface area contributed by atoms with E-state index in [1.54, 1.807) is 0 Å². The molecule has 0 saturated carbocycles. The summed E-state index contributed by atoms with van der Waals surface area (Å²) in [5, 5.41) is 15.2. The Balaban J connectivity index is 2.10. The highest BCUT2D eigenvalue weighted by Gasteiger charge is 2.21. The summed E-state index contributed by atoms with van der Waals surface area (Å²) >= 11 is 6.08. The van der Waals surface area contributed by atoms with Gasteiger partial charge in [-0.15, -0.1) is 0 Å². The minimum Gasteiger partial charge on any atom is -0.389 e. The van der Waals surface area contributed by atoms with E-state index in [1.165, 1.54) is 16.6 Å². The van der Waals surface area contributed by atoms with Gasteiger partial charge in [0.15, 0.2) is 0 Å². The van der Waals surface area contributed by atoms with E-state index < -0.39 is 5.60 Å². The molecule has 0 aliphatic rings. The molecule has 0 fully saturated rings. The minimum atomic E-state index is -0.710. The first-order chi connectivity index (χ1) is 9.29. The highest BCUT2D eigenvalue weighted by molar-refractivity contribution is 6.31. The number of aliphatic hydroxyl groups is 1. The maximum Gasteiger partial charge on any atom is 0.0741 e. The average Bonchev–Trinajstić information content (AvgIpc) is 2.64. The molecule has 0 bridgehead atoms. The monoisotopic (exact) mass is 294 g/mol. The first-order valence-corrected chi connectivity index (χ1v) is 7.39. The van der Waals surface area contributed by atoms with Gasteiger partial charge in [-0.3, -0.25) is 0 Å².